The highest BCUT2D eigenvalue weighted by atomic mass is 16.3. The van der Waals surface area contributed by atoms with Crippen LogP contribution in [0.15, 0.2) is 10.5 Å². The van der Waals surface area contributed by atoms with Crippen LogP contribution >= 0.6 is 0 Å². The Morgan fingerprint density at radius 2 is 2.30 bits per heavy atom. The first-order valence-corrected chi connectivity index (χ1v) is 7.58. The highest BCUT2D eigenvalue weighted by Crippen LogP contribution is 2.42. The van der Waals surface area contributed by atoms with Gasteiger partial charge in [0, 0.05) is 12.0 Å². The number of carbonyl (C=O) groups excluding carboxylic acids is 1. The maximum Gasteiger partial charge on any atom is 0.237 e. The molecule has 0 bridgehead atoms. The van der Waals surface area contributed by atoms with E-state index in [0.717, 1.165) is 43.7 Å². The van der Waals surface area contributed by atoms with E-state index >= 15 is 0 Å². The van der Waals surface area contributed by atoms with Crippen LogP contribution in [0.25, 0.3) is 0 Å². The van der Waals surface area contributed by atoms with Gasteiger partial charge in [0.05, 0.1) is 12.1 Å². The van der Waals surface area contributed by atoms with Crippen molar-refractivity contribution in [2.45, 2.75) is 58.5 Å². The molecule has 0 spiro atoms. The Bertz CT molecular complexity index is 513. The summed E-state index contributed by atoms with van der Waals surface area (Å²) >= 11 is 0. The standard InChI is InChI=1S/C16H24N2O2/c1-10-7-11-13(8-16(2,3)9-14(11)20-10)18-15(19)12-5-4-6-17-12/h7,12-13,17H,4-6,8-9H2,1-3H3,(H,18,19)/t12-,13?/m0/s1. The van der Waals surface area contributed by atoms with Crippen LogP contribution in [0.2, 0.25) is 0 Å². The first-order chi connectivity index (χ1) is 9.44. The molecule has 3 rings (SSSR count). The van der Waals surface area contributed by atoms with Gasteiger partial charge in [0.15, 0.2) is 0 Å². The van der Waals surface area contributed by atoms with Crippen molar-refractivity contribution >= 4 is 5.91 Å². The molecular formula is C16H24N2O2. The summed E-state index contributed by atoms with van der Waals surface area (Å²) in [4.78, 5) is 12.3. The van der Waals surface area contributed by atoms with E-state index in [0.29, 0.717) is 0 Å². The number of carbonyl (C=O) groups is 1. The molecule has 1 aromatic heterocycles. The van der Waals surface area contributed by atoms with Crippen LogP contribution < -0.4 is 10.6 Å². The Balaban J connectivity index is 1.79. The molecule has 4 heteroatoms. The van der Waals surface area contributed by atoms with Crippen molar-refractivity contribution in [3.8, 4) is 0 Å². The maximum atomic E-state index is 12.3. The number of fused-ring (bicyclic) bond motifs is 1. The third-order valence-corrected chi connectivity index (χ3v) is 4.43. The number of furan rings is 1. The van der Waals surface area contributed by atoms with Gasteiger partial charge in [0.25, 0.3) is 0 Å². The van der Waals surface area contributed by atoms with Crippen molar-refractivity contribution in [3.05, 3.63) is 23.2 Å². The monoisotopic (exact) mass is 276 g/mol. The minimum absolute atomic E-state index is 0.0171. The normalized spacial score (nSPS) is 28.1. The molecule has 2 atom stereocenters. The number of amides is 1. The zero-order chi connectivity index (χ0) is 14.3. The van der Waals surface area contributed by atoms with Gasteiger partial charge < -0.3 is 15.1 Å². The zero-order valence-corrected chi connectivity index (χ0v) is 12.6. The first-order valence-electron chi connectivity index (χ1n) is 7.58. The van der Waals surface area contributed by atoms with E-state index in [1.807, 2.05) is 6.92 Å². The highest BCUT2D eigenvalue weighted by molar-refractivity contribution is 5.82. The second-order valence-corrected chi connectivity index (χ2v) is 6.99. The van der Waals surface area contributed by atoms with Crippen LogP contribution in [-0.4, -0.2) is 18.5 Å². The second kappa shape index (κ2) is 4.92. The van der Waals surface area contributed by atoms with Crippen LogP contribution in [0.5, 0.6) is 0 Å². The van der Waals surface area contributed by atoms with Gasteiger partial charge in [-0.05, 0) is 44.2 Å². The lowest BCUT2D eigenvalue weighted by Crippen LogP contribution is -2.44. The lowest BCUT2D eigenvalue weighted by atomic mass is 9.74. The van der Waals surface area contributed by atoms with Crippen molar-refractivity contribution in [2.75, 3.05) is 6.54 Å². The lowest BCUT2D eigenvalue weighted by molar-refractivity contribution is -0.123. The maximum absolute atomic E-state index is 12.3. The van der Waals surface area contributed by atoms with E-state index in [2.05, 4.69) is 30.5 Å². The van der Waals surface area contributed by atoms with Gasteiger partial charge in [0.2, 0.25) is 5.91 Å². The van der Waals surface area contributed by atoms with Crippen molar-refractivity contribution < 1.29 is 9.21 Å². The molecule has 0 radical (unpaired) electrons. The Labute approximate surface area is 120 Å². The smallest absolute Gasteiger partial charge is 0.237 e. The third kappa shape index (κ3) is 2.62. The van der Waals surface area contributed by atoms with Gasteiger partial charge in [-0.25, -0.2) is 0 Å². The van der Waals surface area contributed by atoms with E-state index in [-0.39, 0.29) is 23.4 Å². The topological polar surface area (TPSA) is 54.3 Å². The molecule has 2 N–H and O–H groups in total. The Morgan fingerprint density at radius 1 is 1.50 bits per heavy atom. The minimum Gasteiger partial charge on any atom is -0.466 e. The number of hydrogen-bond donors (Lipinski definition) is 2. The predicted molar refractivity (Wildman–Crippen MR) is 77.5 cm³/mol. The van der Waals surface area contributed by atoms with Crippen molar-refractivity contribution in [1.82, 2.24) is 10.6 Å². The minimum atomic E-state index is -0.0171. The number of hydrogen-bond acceptors (Lipinski definition) is 3. The van der Waals surface area contributed by atoms with Gasteiger partial charge in [-0.2, -0.15) is 0 Å². The van der Waals surface area contributed by atoms with Crippen LogP contribution in [0, 0.1) is 12.3 Å². The van der Waals surface area contributed by atoms with E-state index in [9.17, 15) is 4.79 Å². The van der Waals surface area contributed by atoms with Gasteiger partial charge in [0.1, 0.15) is 11.5 Å². The second-order valence-electron chi connectivity index (χ2n) is 6.99. The average Bonchev–Trinajstić information content (AvgIpc) is 2.95. The summed E-state index contributed by atoms with van der Waals surface area (Å²) in [5.41, 5.74) is 1.34. The summed E-state index contributed by atoms with van der Waals surface area (Å²) in [7, 11) is 0. The largest absolute Gasteiger partial charge is 0.466 e. The number of aryl methyl sites for hydroxylation is 1. The predicted octanol–water partition coefficient (Wildman–Crippen LogP) is 2.47. The first kappa shape index (κ1) is 13.7. The fraction of sp³-hybridized carbons (Fsp3) is 0.688. The van der Waals surface area contributed by atoms with Gasteiger partial charge in [-0.15, -0.1) is 0 Å². The van der Waals surface area contributed by atoms with Crippen LogP contribution in [0.1, 0.15) is 56.2 Å². The SMILES string of the molecule is Cc1cc2c(o1)CC(C)(C)CC2NC(=O)[C@@H]1CCCN1. The molecule has 1 aliphatic heterocycles. The molecule has 1 fully saturated rings. The number of rotatable bonds is 2. The van der Waals surface area contributed by atoms with Crippen LogP contribution in [-0.2, 0) is 11.2 Å². The molecule has 1 saturated heterocycles. The molecular weight excluding hydrogens is 252 g/mol. The Hall–Kier alpha value is -1.29. The summed E-state index contributed by atoms with van der Waals surface area (Å²) in [5, 5.41) is 6.48. The third-order valence-electron chi connectivity index (χ3n) is 4.43. The van der Waals surface area contributed by atoms with Gasteiger partial charge >= 0.3 is 0 Å². The molecule has 0 saturated carbocycles. The molecule has 2 aliphatic rings. The van der Waals surface area contributed by atoms with Crippen molar-refractivity contribution in [3.63, 3.8) is 0 Å². The summed E-state index contributed by atoms with van der Waals surface area (Å²) in [6.45, 7) is 7.40. The fourth-order valence-electron chi connectivity index (χ4n) is 3.49. The van der Waals surface area contributed by atoms with Gasteiger partial charge in [-0.3, -0.25) is 4.79 Å². The summed E-state index contributed by atoms with van der Waals surface area (Å²) < 4.78 is 5.81. The Morgan fingerprint density at radius 3 is 3.00 bits per heavy atom. The molecule has 1 amide bonds. The molecule has 1 aliphatic carbocycles. The summed E-state index contributed by atoms with van der Waals surface area (Å²) in [5.74, 6) is 2.12. The quantitative estimate of drug-likeness (QED) is 0.872. The molecule has 4 nitrogen and oxygen atoms in total. The molecule has 110 valence electrons. The summed E-state index contributed by atoms with van der Waals surface area (Å²) in [6.07, 6.45) is 3.95. The van der Waals surface area contributed by atoms with E-state index in [4.69, 9.17) is 4.42 Å². The van der Waals surface area contributed by atoms with Crippen molar-refractivity contribution in [1.29, 1.82) is 0 Å². The summed E-state index contributed by atoms with van der Waals surface area (Å²) in [6, 6.07) is 2.15. The average molecular weight is 276 g/mol. The van der Waals surface area contributed by atoms with E-state index < -0.39 is 0 Å². The number of nitrogens with one attached hydrogen (secondary N) is 2. The fourth-order valence-corrected chi connectivity index (χ4v) is 3.49. The molecule has 2 heterocycles. The molecule has 1 unspecified atom stereocenters. The lowest BCUT2D eigenvalue weighted by Gasteiger charge is -2.35. The van der Waals surface area contributed by atoms with Crippen LogP contribution in [0.4, 0.5) is 0 Å². The van der Waals surface area contributed by atoms with E-state index in [1.54, 1.807) is 0 Å². The highest BCUT2D eigenvalue weighted by Gasteiger charge is 2.36. The van der Waals surface area contributed by atoms with Gasteiger partial charge in [-0.1, -0.05) is 13.8 Å². The van der Waals surface area contributed by atoms with E-state index in [1.165, 1.54) is 5.56 Å². The van der Waals surface area contributed by atoms with Crippen molar-refractivity contribution in [2.24, 2.45) is 5.41 Å². The zero-order valence-electron chi connectivity index (χ0n) is 12.6. The Kier molecular flexibility index (Phi) is 3.36. The van der Waals surface area contributed by atoms with Crippen LogP contribution in [0.3, 0.4) is 0 Å². The molecule has 1 aromatic rings. The molecule has 0 aromatic carbocycles. The molecule has 20 heavy (non-hydrogen) atoms.